The van der Waals surface area contributed by atoms with Gasteiger partial charge in [-0.1, -0.05) is 31.0 Å². The number of hydrogen-bond acceptors (Lipinski definition) is 7. The molecule has 1 unspecified atom stereocenters. The van der Waals surface area contributed by atoms with Crippen LogP contribution >= 0.6 is 0 Å². The molecule has 4 N–H and O–H groups in total. The second-order valence-electron chi connectivity index (χ2n) is 10.2. The summed E-state index contributed by atoms with van der Waals surface area (Å²) in [6, 6.07) is 14.0. The van der Waals surface area contributed by atoms with E-state index in [0.29, 0.717) is 42.8 Å². The minimum atomic E-state index is -2.35. The average Bonchev–Trinajstić information content (AvgIpc) is 3.58. The monoisotopic (exact) mass is 520 g/mol. The summed E-state index contributed by atoms with van der Waals surface area (Å²) in [5.41, 5.74) is -1.88. The number of benzene rings is 2. The number of nitrogens with zero attached hydrogens (tertiary/aromatic N) is 1. The summed E-state index contributed by atoms with van der Waals surface area (Å²) in [5.74, 6) is -0.688. The van der Waals surface area contributed by atoms with Gasteiger partial charge in [0, 0.05) is 17.7 Å². The fourth-order valence-electron chi connectivity index (χ4n) is 6.13. The number of carboxylic acid groups (broad SMARTS) is 1. The lowest BCUT2D eigenvalue weighted by Crippen LogP contribution is -2.68. The van der Waals surface area contributed by atoms with Crippen molar-refractivity contribution in [3.8, 4) is 5.75 Å². The Morgan fingerprint density at radius 1 is 1.18 bits per heavy atom. The number of rotatable bonds is 8. The summed E-state index contributed by atoms with van der Waals surface area (Å²) in [4.78, 5) is 28.6. The lowest BCUT2D eigenvalue weighted by atomic mass is 9.67. The number of carbonyl (C=O) groups is 2. The van der Waals surface area contributed by atoms with Gasteiger partial charge in [-0.15, -0.1) is 0 Å². The zero-order chi connectivity index (χ0) is 27.1. The van der Waals surface area contributed by atoms with Crippen LogP contribution in [0, 0.1) is 6.92 Å². The molecule has 1 fully saturated rings. The summed E-state index contributed by atoms with van der Waals surface area (Å²) < 4.78 is 10.8. The van der Waals surface area contributed by atoms with Gasteiger partial charge in [-0.25, -0.2) is 4.79 Å². The van der Waals surface area contributed by atoms with E-state index < -0.39 is 29.2 Å². The molecule has 2 atom stereocenters. The van der Waals surface area contributed by atoms with E-state index >= 15 is 0 Å². The van der Waals surface area contributed by atoms with Gasteiger partial charge in [0.05, 0.1) is 31.0 Å². The SMILES string of the molecule is COc1cccc(CC(O)Nc2cc(C)cc3c2C(=O)N(Cc2ccco2)C2(CCCC2)[C@]3(O)C(=O)O)c1. The van der Waals surface area contributed by atoms with Crippen molar-refractivity contribution < 1.29 is 34.1 Å². The molecule has 2 aliphatic rings. The van der Waals surface area contributed by atoms with Gasteiger partial charge in [0.25, 0.3) is 5.91 Å². The Hall–Kier alpha value is -3.82. The van der Waals surface area contributed by atoms with Crippen molar-refractivity contribution in [1.29, 1.82) is 0 Å². The highest BCUT2D eigenvalue weighted by molar-refractivity contribution is 6.06. The zero-order valence-electron chi connectivity index (χ0n) is 21.4. The number of furan rings is 1. The molecule has 200 valence electrons. The maximum atomic E-state index is 14.2. The topological polar surface area (TPSA) is 132 Å². The molecule has 1 amide bonds. The number of aryl methyl sites for hydroxylation is 1. The molecule has 1 saturated carbocycles. The first-order valence-electron chi connectivity index (χ1n) is 12.7. The highest BCUT2D eigenvalue weighted by Gasteiger charge is 2.66. The Kier molecular flexibility index (Phi) is 6.66. The number of carbonyl (C=O) groups excluding carboxylic acids is 1. The minimum Gasteiger partial charge on any atom is -0.497 e. The number of ether oxygens (including phenoxy) is 1. The maximum absolute atomic E-state index is 14.2. The largest absolute Gasteiger partial charge is 0.497 e. The van der Waals surface area contributed by atoms with Gasteiger partial charge in [0.2, 0.25) is 5.60 Å². The second kappa shape index (κ2) is 9.81. The number of amides is 1. The molecular formula is C29H32N2O7. The molecule has 1 aliphatic carbocycles. The Bertz CT molecular complexity index is 1350. The van der Waals surface area contributed by atoms with Crippen LogP contribution < -0.4 is 10.1 Å². The van der Waals surface area contributed by atoms with Crippen molar-refractivity contribution in [2.24, 2.45) is 0 Å². The van der Waals surface area contributed by atoms with Gasteiger partial charge in [0.1, 0.15) is 17.7 Å². The van der Waals surface area contributed by atoms with Gasteiger partial charge in [-0.3, -0.25) is 4.79 Å². The number of aliphatic hydroxyl groups excluding tert-OH is 1. The number of anilines is 1. The number of nitrogens with one attached hydrogen (secondary N) is 1. The predicted octanol–water partition coefficient (Wildman–Crippen LogP) is 3.81. The molecule has 9 nitrogen and oxygen atoms in total. The number of aliphatic carboxylic acids is 1. The molecule has 38 heavy (non-hydrogen) atoms. The van der Waals surface area contributed by atoms with E-state index in [1.807, 2.05) is 12.1 Å². The van der Waals surface area contributed by atoms with Crippen molar-refractivity contribution in [2.75, 3.05) is 12.4 Å². The van der Waals surface area contributed by atoms with E-state index in [1.165, 1.54) is 11.2 Å². The fourth-order valence-corrected chi connectivity index (χ4v) is 6.13. The Morgan fingerprint density at radius 2 is 1.95 bits per heavy atom. The van der Waals surface area contributed by atoms with Crippen LogP contribution in [-0.2, 0) is 23.4 Å². The molecule has 5 rings (SSSR count). The third-order valence-corrected chi connectivity index (χ3v) is 7.84. The Labute approximate surface area is 220 Å². The standard InChI is InChI=1S/C29H32N2O7/c1-18-13-22-25(23(14-18)30-24(32)16-19-7-5-8-20(15-19)37-2)26(33)31(17-21-9-6-12-38-21)28(10-3-4-11-28)29(22,36)27(34)35/h5-9,12-15,24,30,32,36H,3-4,10-11,16-17H2,1-2H3,(H,34,35)/t24?,29-/m1/s1. The summed E-state index contributed by atoms with van der Waals surface area (Å²) in [6.45, 7) is 1.78. The van der Waals surface area contributed by atoms with Crippen LogP contribution in [0.5, 0.6) is 5.75 Å². The summed E-state index contributed by atoms with van der Waals surface area (Å²) in [6.07, 6.45) is 2.66. The number of aliphatic hydroxyl groups is 2. The number of fused-ring (bicyclic) bond motifs is 1. The van der Waals surface area contributed by atoms with Crippen molar-refractivity contribution in [3.05, 3.63) is 82.8 Å². The Morgan fingerprint density at radius 3 is 2.61 bits per heavy atom. The molecule has 1 aromatic heterocycles. The van der Waals surface area contributed by atoms with Gasteiger partial charge in [0.15, 0.2) is 0 Å². The van der Waals surface area contributed by atoms with E-state index in [0.717, 1.165) is 5.56 Å². The lowest BCUT2D eigenvalue weighted by molar-refractivity contribution is -0.182. The summed E-state index contributed by atoms with van der Waals surface area (Å²) in [5, 5.41) is 36.6. The van der Waals surface area contributed by atoms with Gasteiger partial charge < -0.3 is 34.7 Å². The average molecular weight is 521 g/mol. The molecule has 1 spiro atoms. The van der Waals surface area contributed by atoms with Gasteiger partial charge in [-0.05, 0) is 61.2 Å². The Balaban J connectivity index is 1.60. The third-order valence-electron chi connectivity index (χ3n) is 7.84. The third kappa shape index (κ3) is 4.12. The molecule has 0 radical (unpaired) electrons. The van der Waals surface area contributed by atoms with Crippen LogP contribution in [0.25, 0.3) is 0 Å². The van der Waals surface area contributed by atoms with Crippen LogP contribution in [0.3, 0.4) is 0 Å². The molecule has 2 aromatic carbocycles. The van der Waals surface area contributed by atoms with E-state index in [2.05, 4.69) is 5.32 Å². The van der Waals surface area contributed by atoms with Crippen molar-refractivity contribution in [2.45, 2.75) is 62.9 Å². The first-order chi connectivity index (χ1) is 18.2. The quantitative estimate of drug-likeness (QED) is 0.330. The van der Waals surface area contributed by atoms with Gasteiger partial charge in [-0.2, -0.15) is 0 Å². The highest BCUT2D eigenvalue weighted by Crippen LogP contribution is 2.54. The molecule has 2 heterocycles. The summed E-state index contributed by atoms with van der Waals surface area (Å²) >= 11 is 0. The van der Waals surface area contributed by atoms with Crippen molar-refractivity contribution >= 4 is 17.6 Å². The first kappa shape index (κ1) is 25.8. The predicted molar refractivity (Wildman–Crippen MR) is 139 cm³/mol. The van der Waals surface area contributed by atoms with E-state index in [9.17, 15) is 24.9 Å². The molecular weight excluding hydrogens is 488 g/mol. The fraction of sp³-hybridized carbons (Fsp3) is 0.379. The molecule has 9 heteroatoms. The highest BCUT2D eigenvalue weighted by atomic mass is 16.5. The minimum absolute atomic E-state index is 0.0144. The van der Waals surface area contributed by atoms with E-state index in [-0.39, 0.29) is 29.8 Å². The molecule has 0 saturated heterocycles. The van der Waals surface area contributed by atoms with E-state index in [1.54, 1.807) is 50.4 Å². The van der Waals surface area contributed by atoms with Crippen LogP contribution in [-0.4, -0.2) is 51.0 Å². The normalized spacial score (nSPS) is 20.8. The van der Waals surface area contributed by atoms with Crippen LogP contribution in [0.1, 0.15) is 58.5 Å². The zero-order valence-corrected chi connectivity index (χ0v) is 21.4. The smallest absolute Gasteiger partial charge is 0.342 e. The van der Waals surface area contributed by atoms with E-state index in [4.69, 9.17) is 9.15 Å². The van der Waals surface area contributed by atoms with Crippen molar-refractivity contribution in [1.82, 2.24) is 4.90 Å². The number of hydrogen-bond donors (Lipinski definition) is 4. The summed E-state index contributed by atoms with van der Waals surface area (Å²) in [7, 11) is 1.56. The number of carboxylic acids is 1. The lowest BCUT2D eigenvalue weighted by Gasteiger charge is -2.53. The molecule has 0 bridgehead atoms. The van der Waals surface area contributed by atoms with Crippen molar-refractivity contribution in [3.63, 3.8) is 0 Å². The molecule has 1 aliphatic heterocycles. The first-order valence-corrected chi connectivity index (χ1v) is 12.7. The number of methoxy groups -OCH3 is 1. The van der Waals surface area contributed by atoms with Gasteiger partial charge >= 0.3 is 5.97 Å². The molecule has 3 aromatic rings. The van der Waals surface area contributed by atoms with Crippen LogP contribution in [0.4, 0.5) is 5.69 Å². The van der Waals surface area contributed by atoms with Crippen LogP contribution in [0.15, 0.2) is 59.2 Å². The second-order valence-corrected chi connectivity index (χ2v) is 10.2. The maximum Gasteiger partial charge on any atom is 0.342 e. The van der Waals surface area contributed by atoms with Crippen LogP contribution in [0.2, 0.25) is 0 Å².